The van der Waals surface area contributed by atoms with Crippen molar-refractivity contribution in [2.75, 3.05) is 0 Å². The Morgan fingerprint density at radius 3 is 2.55 bits per heavy atom. The number of rotatable bonds is 2. The van der Waals surface area contributed by atoms with Crippen LogP contribution in [0.25, 0.3) is 0 Å². The van der Waals surface area contributed by atoms with Crippen molar-refractivity contribution >= 4 is 0 Å². The molecule has 1 aliphatic carbocycles. The van der Waals surface area contributed by atoms with Crippen LogP contribution in [0.2, 0.25) is 0 Å². The number of aliphatic hydroxyl groups is 1. The van der Waals surface area contributed by atoms with Crippen molar-refractivity contribution in [3.8, 4) is 0 Å². The van der Waals surface area contributed by atoms with Gasteiger partial charge in [0.2, 0.25) is 0 Å². The molecule has 1 N–H and O–H groups in total. The first-order chi connectivity index (χ1) is 9.70. The van der Waals surface area contributed by atoms with Crippen LogP contribution in [-0.2, 0) is 5.60 Å². The van der Waals surface area contributed by atoms with E-state index in [1.807, 2.05) is 6.07 Å². The highest BCUT2D eigenvalue weighted by atomic mass is 16.3. The van der Waals surface area contributed by atoms with Gasteiger partial charge in [0, 0.05) is 5.92 Å². The molecule has 1 aliphatic rings. The van der Waals surface area contributed by atoms with E-state index in [1.165, 1.54) is 17.5 Å². The molecule has 0 saturated heterocycles. The van der Waals surface area contributed by atoms with Crippen LogP contribution >= 0.6 is 0 Å². The maximum absolute atomic E-state index is 11.4. The molecule has 0 aromatic heterocycles. The lowest BCUT2D eigenvalue weighted by atomic mass is 9.68. The summed E-state index contributed by atoms with van der Waals surface area (Å²) in [6.45, 7) is 2.09. The zero-order valence-corrected chi connectivity index (χ0v) is 12.0. The summed E-state index contributed by atoms with van der Waals surface area (Å²) >= 11 is 0. The Morgan fingerprint density at radius 1 is 1.00 bits per heavy atom. The van der Waals surface area contributed by atoms with Crippen molar-refractivity contribution in [1.82, 2.24) is 0 Å². The van der Waals surface area contributed by atoms with E-state index >= 15 is 0 Å². The fraction of sp³-hybridized carbons (Fsp3) is 0.368. The second kappa shape index (κ2) is 5.41. The van der Waals surface area contributed by atoms with Gasteiger partial charge in [0.1, 0.15) is 0 Å². The normalized spacial score (nSPS) is 26.4. The number of hydrogen-bond donors (Lipinski definition) is 1. The van der Waals surface area contributed by atoms with Gasteiger partial charge >= 0.3 is 0 Å². The summed E-state index contributed by atoms with van der Waals surface area (Å²) in [5.74, 6) is 0.208. The molecule has 20 heavy (non-hydrogen) atoms. The maximum Gasteiger partial charge on any atom is 0.0964 e. The average molecular weight is 266 g/mol. The van der Waals surface area contributed by atoms with E-state index in [0.29, 0.717) is 0 Å². The lowest BCUT2D eigenvalue weighted by Gasteiger charge is -2.41. The smallest absolute Gasteiger partial charge is 0.0964 e. The summed E-state index contributed by atoms with van der Waals surface area (Å²) in [6.07, 6.45) is 4.23. The van der Waals surface area contributed by atoms with E-state index in [-0.39, 0.29) is 5.92 Å². The number of aryl methyl sites for hydroxylation is 1. The molecule has 2 aromatic rings. The Kier molecular flexibility index (Phi) is 3.62. The molecule has 1 heteroatoms. The summed E-state index contributed by atoms with van der Waals surface area (Å²) < 4.78 is 0. The van der Waals surface area contributed by atoms with Crippen molar-refractivity contribution in [1.29, 1.82) is 0 Å². The van der Waals surface area contributed by atoms with E-state index in [2.05, 4.69) is 55.5 Å². The third kappa shape index (κ3) is 2.38. The van der Waals surface area contributed by atoms with Gasteiger partial charge in [0.25, 0.3) is 0 Å². The molecule has 0 aliphatic heterocycles. The number of hydrogen-bond acceptors (Lipinski definition) is 1. The van der Waals surface area contributed by atoms with Gasteiger partial charge in [0.05, 0.1) is 5.60 Å². The van der Waals surface area contributed by atoms with E-state index in [9.17, 15) is 5.11 Å². The predicted molar refractivity (Wildman–Crippen MR) is 82.7 cm³/mol. The zero-order valence-electron chi connectivity index (χ0n) is 12.0. The van der Waals surface area contributed by atoms with E-state index < -0.39 is 5.60 Å². The van der Waals surface area contributed by atoms with Crippen molar-refractivity contribution in [2.24, 2.45) is 0 Å². The van der Waals surface area contributed by atoms with Gasteiger partial charge in [-0.3, -0.25) is 0 Å². The molecule has 2 unspecified atom stereocenters. The predicted octanol–water partition coefficient (Wildman–Crippen LogP) is 4.54. The van der Waals surface area contributed by atoms with Gasteiger partial charge in [-0.2, -0.15) is 0 Å². The SMILES string of the molecule is Cc1cccc(C2(O)CCCCC2c2ccccc2)c1. The Labute approximate surface area is 121 Å². The third-order valence-electron chi connectivity index (χ3n) is 4.60. The number of benzene rings is 2. The van der Waals surface area contributed by atoms with Gasteiger partial charge in [-0.25, -0.2) is 0 Å². The lowest BCUT2D eigenvalue weighted by molar-refractivity contribution is -0.0225. The Balaban J connectivity index is 2.04. The molecule has 0 bridgehead atoms. The quantitative estimate of drug-likeness (QED) is 0.846. The molecule has 1 fully saturated rings. The largest absolute Gasteiger partial charge is 0.385 e. The standard InChI is InChI=1S/C19H22O/c1-15-8-7-11-17(14-15)19(20)13-6-5-12-18(19)16-9-3-2-4-10-16/h2-4,7-11,14,18,20H,5-6,12-13H2,1H3. The van der Waals surface area contributed by atoms with Crippen LogP contribution < -0.4 is 0 Å². The monoisotopic (exact) mass is 266 g/mol. The van der Waals surface area contributed by atoms with Gasteiger partial charge in [-0.15, -0.1) is 0 Å². The maximum atomic E-state index is 11.4. The van der Waals surface area contributed by atoms with Crippen LogP contribution in [0, 0.1) is 6.92 Å². The Morgan fingerprint density at radius 2 is 1.80 bits per heavy atom. The highest BCUT2D eigenvalue weighted by molar-refractivity contribution is 5.34. The highest BCUT2D eigenvalue weighted by Gasteiger charge is 2.41. The first-order valence-corrected chi connectivity index (χ1v) is 7.54. The summed E-state index contributed by atoms with van der Waals surface area (Å²) in [6, 6.07) is 18.8. The molecule has 0 spiro atoms. The first kappa shape index (κ1) is 13.4. The van der Waals surface area contributed by atoms with Gasteiger partial charge in [0.15, 0.2) is 0 Å². The third-order valence-corrected chi connectivity index (χ3v) is 4.60. The fourth-order valence-corrected chi connectivity index (χ4v) is 3.54. The summed E-state index contributed by atoms with van der Waals surface area (Å²) in [5, 5.41) is 11.4. The molecule has 2 atom stereocenters. The first-order valence-electron chi connectivity index (χ1n) is 7.54. The van der Waals surface area contributed by atoms with Crippen LogP contribution in [0.4, 0.5) is 0 Å². The Hall–Kier alpha value is -1.60. The summed E-state index contributed by atoms with van der Waals surface area (Å²) in [5.41, 5.74) is 2.83. The van der Waals surface area contributed by atoms with Crippen molar-refractivity contribution in [3.05, 3.63) is 71.3 Å². The Bertz CT molecular complexity index is 575. The van der Waals surface area contributed by atoms with Crippen LogP contribution in [0.15, 0.2) is 54.6 Å². The van der Waals surface area contributed by atoms with Crippen molar-refractivity contribution < 1.29 is 5.11 Å². The average Bonchev–Trinajstić information content (AvgIpc) is 2.49. The minimum Gasteiger partial charge on any atom is -0.385 e. The molecule has 0 amide bonds. The van der Waals surface area contributed by atoms with Gasteiger partial charge < -0.3 is 5.11 Å². The van der Waals surface area contributed by atoms with E-state index in [4.69, 9.17) is 0 Å². The molecule has 2 aromatic carbocycles. The summed E-state index contributed by atoms with van der Waals surface area (Å²) in [4.78, 5) is 0. The molecule has 0 heterocycles. The van der Waals surface area contributed by atoms with Gasteiger partial charge in [-0.1, -0.05) is 73.0 Å². The van der Waals surface area contributed by atoms with Gasteiger partial charge in [-0.05, 0) is 30.9 Å². The van der Waals surface area contributed by atoms with E-state index in [0.717, 1.165) is 24.8 Å². The molecule has 3 rings (SSSR count). The topological polar surface area (TPSA) is 20.2 Å². The molecule has 1 nitrogen and oxygen atoms in total. The van der Waals surface area contributed by atoms with Crippen molar-refractivity contribution in [3.63, 3.8) is 0 Å². The molecule has 104 valence electrons. The lowest BCUT2D eigenvalue weighted by Crippen LogP contribution is -2.36. The fourth-order valence-electron chi connectivity index (χ4n) is 3.54. The molecular formula is C19H22O. The minimum atomic E-state index is -0.717. The van der Waals surface area contributed by atoms with Crippen LogP contribution in [0.1, 0.15) is 48.3 Å². The second-order valence-corrected chi connectivity index (χ2v) is 6.00. The van der Waals surface area contributed by atoms with Crippen LogP contribution in [0.5, 0.6) is 0 Å². The highest BCUT2D eigenvalue weighted by Crippen LogP contribution is 2.47. The summed E-state index contributed by atoms with van der Waals surface area (Å²) in [7, 11) is 0. The van der Waals surface area contributed by atoms with Crippen molar-refractivity contribution in [2.45, 2.75) is 44.1 Å². The molecular weight excluding hydrogens is 244 g/mol. The van der Waals surface area contributed by atoms with Crippen LogP contribution in [-0.4, -0.2) is 5.11 Å². The second-order valence-electron chi connectivity index (χ2n) is 6.00. The molecule has 1 saturated carbocycles. The minimum absolute atomic E-state index is 0.208. The van der Waals surface area contributed by atoms with E-state index in [1.54, 1.807) is 0 Å². The van der Waals surface area contributed by atoms with Crippen LogP contribution in [0.3, 0.4) is 0 Å². The zero-order chi connectivity index (χ0) is 14.0. The molecule has 0 radical (unpaired) electrons.